The van der Waals surface area contributed by atoms with Crippen LogP contribution in [0.3, 0.4) is 0 Å². The van der Waals surface area contributed by atoms with E-state index in [9.17, 15) is 0 Å². The van der Waals surface area contributed by atoms with Crippen molar-refractivity contribution in [2.75, 3.05) is 0 Å². The molecule has 20 heavy (non-hydrogen) atoms. The molecule has 2 N–H and O–H groups in total. The van der Waals surface area contributed by atoms with Crippen LogP contribution in [-0.4, -0.2) is 15.0 Å². The van der Waals surface area contributed by atoms with Crippen LogP contribution in [0.5, 0.6) is 0 Å². The first-order chi connectivity index (χ1) is 9.74. The topological polar surface area (TPSA) is 64.7 Å². The molecular weight excluding hydrogens is 268 g/mol. The molecule has 4 nitrogen and oxygen atoms in total. The Morgan fingerprint density at radius 2 is 1.90 bits per heavy atom. The van der Waals surface area contributed by atoms with Crippen molar-refractivity contribution in [1.82, 2.24) is 15.0 Å². The van der Waals surface area contributed by atoms with Crippen molar-refractivity contribution < 1.29 is 0 Å². The van der Waals surface area contributed by atoms with E-state index in [2.05, 4.69) is 15.0 Å². The first-order valence-electron chi connectivity index (χ1n) is 6.33. The van der Waals surface area contributed by atoms with Crippen LogP contribution in [0.1, 0.15) is 18.7 Å². The molecule has 3 rings (SSSR count). The predicted molar refractivity (Wildman–Crippen MR) is 80.5 cm³/mol. The largest absolute Gasteiger partial charge is 0.323 e. The minimum atomic E-state index is -0.0473. The number of nitrogens with two attached hydrogens (primary N) is 1. The van der Waals surface area contributed by atoms with Crippen LogP contribution in [0.4, 0.5) is 0 Å². The number of hydrogen-bond acceptors (Lipinski definition) is 5. The summed E-state index contributed by atoms with van der Waals surface area (Å²) in [6, 6.07) is 11.9. The molecule has 2 aromatic heterocycles. The molecule has 1 aromatic carbocycles. The molecule has 0 aliphatic heterocycles. The van der Waals surface area contributed by atoms with Gasteiger partial charge in [-0.25, -0.2) is 9.97 Å². The van der Waals surface area contributed by atoms with E-state index >= 15 is 0 Å². The van der Waals surface area contributed by atoms with Gasteiger partial charge in [0, 0.05) is 22.5 Å². The lowest BCUT2D eigenvalue weighted by Crippen LogP contribution is -2.06. The van der Waals surface area contributed by atoms with Gasteiger partial charge in [-0.3, -0.25) is 4.98 Å². The number of para-hydroxylation sites is 1. The van der Waals surface area contributed by atoms with Crippen molar-refractivity contribution in [3.05, 3.63) is 54.6 Å². The average molecular weight is 282 g/mol. The van der Waals surface area contributed by atoms with E-state index in [0.29, 0.717) is 0 Å². The van der Waals surface area contributed by atoms with Crippen molar-refractivity contribution in [2.45, 2.75) is 22.9 Å². The zero-order chi connectivity index (χ0) is 13.9. The van der Waals surface area contributed by atoms with Gasteiger partial charge in [0.05, 0.1) is 11.2 Å². The molecule has 0 unspecified atom stereocenters. The summed E-state index contributed by atoms with van der Waals surface area (Å²) in [6.07, 6.45) is 3.43. The number of fused-ring (bicyclic) bond motifs is 1. The Morgan fingerprint density at radius 3 is 2.65 bits per heavy atom. The van der Waals surface area contributed by atoms with Crippen molar-refractivity contribution in [3.63, 3.8) is 0 Å². The van der Waals surface area contributed by atoms with Gasteiger partial charge in [-0.2, -0.15) is 0 Å². The average Bonchev–Trinajstić information content (AvgIpc) is 2.48. The molecule has 0 saturated heterocycles. The summed E-state index contributed by atoms with van der Waals surface area (Å²) in [7, 11) is 0. The van der Waals surface area contributed by atoms with Gasteiger partial charge < -0.3 is 5.73 Å². The summed E-state index contributed by atoms with van der Waals surface area (Å²) < 4.78 is 0. The van der Waals surface area contributed by atoms with Crippen LogP contribution in [0.2, 0.25) is 0 Å². The maximum Gasteiger partial charge on any atom is 0.117 e. The summed E-state index contributed by atoms with van der Waals surface area (Å²) in [5, 5.41) is 1.99. The van der Waals surface area contributed by atoms with Crippen LogP contribution >= 0.6 is 11.8 Å². The quantitative estimate of drug-likeness (QED) is 0.747. The van der Waals surface area contributed by atoms with E-state index in [4.69, 9.17) is 5.73 Å². The lowest BCUT2D eigenvalue weighted by Gasteiger charge is -2.06. The summed E-state index contributed by atoms with van der Waals surface area (Å²) >= 11 is 1.58. The maximum atomic E-state index is 5.80. The van der Waals surface area contributed by atoms with Gasteiger partial charge in [-0.15, -0.1) is 0 Å². The number of pyridine rings is 1. The second-order valence-corrected chi connectivity index (χ2v) is 5.57. The number of aromatic nitrogens is 3. The fraction of sp³-hybridized carbons (Fsp3) is 0.133. The summed E-state index contributed by atoms with van der Waals surface area (Å²) in [4.78, 5) is 14.0. The highest BCUT2D eigenvalue weighted by Crippen LogP contribution is 2.30. The molecule has 0 aliphatic carbocycles. The Kier molecular flexibility index (Phi) is 3.62. The minimum absolute atomic E-state index is 0.0473. The van der Waals surface area contributed by atoms with Crippen molar-refractivity contribution >= 4 is 22.7 Å². The number of benzene rings is 1. The Hall–Kier alpha value is -1.98. The van der Waals surface area contributed by atoms with Crippen molar-refractivity contribution in [3.8, 4) is 0 Å². The highest BCUT2D eigenvalue weighted by molar-refractivity contribution is 7.99. The highest BCUT2D eigenvalue weighted by atomic mass is 32.2. The standard InChI is InChI=1S/C15H14N4S/c1-10(16)13-7-6-11(8-17-13)20-15-12-4-2-3-5-14(12)18-9-19-15/h2-10H,16H2,1H3/t10-/m1/s1. The van der Waals surface area contributed by atoms with E-state index in [1.165, 1.54) is 0 Å². The minimum Gasteiger partial charge on any atom is -0.323 e. The fourth-order valence-corrected chi connectivity index (χ4v) is 2.74. The highest BCUT2D eigenvalue weighted by Gasteiger charge is 2.06. The first kappa shape index (κ1) is 13.0. The molecule has 3 aromatic rings. The van der Waals surface area contributed by atoms with Gasteiger partial charge in [-0.05, 0) is 25.1 Å². The maximum absolute atomic E-state index is 5.80. The fourth-order valence-electron chi connectivity index (χ4n) is 1.89. The lowest BCUT2D eigenvalue weighted by molar-refractivity contribution is 0.777. The summed E-state index contributed by atoms with van der Waals surface area (Å²) in [6.45, 7) is 1.92. The molecule has 0 aliphatic rings. The zero-order valence-electron chi connectivity index (χ0n) is 11.0. The second kappa shape index (κ2) is 5.56. The Labute approximate surface area is 121 Å². The lowest BCUT2D eigenvalue weighted by atomic mass is 10.2. The molecule has 2 heterocycles. The molecule has 0 fully saturated rings. The number of nitrogens with zero attached hydrogens (tertiary/aromatic N) is 3. The van der Waals surface area contributed by atoms with Gasteiger partial charge in [0.15, 0.2) is 0 Å². The molecule has 0 saturated carbocycles. The third-order valence-electron chi connectivity index (χ3n) is 2.95. The molecule has 5 heteroatoms. The van der Waals surface area contributed by atoms with E-state index in [0.717, 1.165) is 26.5 Å². The number of rotatable bonds is 3. The predicted octanol–water partition coefficient (Wildman–Crippen LogP) is 3.20. The van der Waals surface area contributed by atoms with Gasteiger partial charge in [0.25, 0.3) is 0 Å². The van der Waals surface area contributed by atoms with Crippen LogP contribution in [-0.2, 0) is 0 Å². The Morgan fingerprint density at radius 1 is 1.05 bits per heavy atom. The van der Waals surface area contributed by atoms with E-state index in [1.807, 2.05) is 49.5 Å². The molecule has 0 spiro atoms. The third-order valence-corrected chi connectivity index (χ3v) is 3.94. The van der Waals surface area contributed by atoms with E-state index < -0.39 is 0 Å². The SMILES string of the molecule is C[C@@H](N)c1ccc(Sc2ncnc3ccccc23)cn1. The molecule has 100 valence electrons. The molecule has 1 atom stereocenters. The van der Waals surface area contributed by atoms with Gasteiger partial charge in [0.2, 0.25) is 0 Å². The molecular formula is C15H14N4S. The van der Waals surface area contributed by atoms with Crippen molar-refractivity contribution in [1.29, 1.82) is 0 Å². The van der Waals surface area contributed by atoms with Gasteiger partial charge in [0.1, 0.15) is 11.4 Å². The smallest absolute Gasteiger partial charge is 0.117 e. The van der Waals surface area contributed by atoms with E-state index in [-0.39, 0.29) is 6.04 Å². The molecule has 0 bridgehead atoms. The first-order valence-corrected chi connectivity index (χ1v) is 7.15. The van der Waals surface area contributed by atoms with Crippen molar-refractivity contribution in [2.24, 2.45) is 5.73 Å². The third kappa shape index (κ3) is 2.64. The number of hydrogen-bond donors (Lipinski definition) is 1. The van der Waals surface area contributed by atoms with Crippen LogP contribution in [0.25, 0.3) is 10.9 Å². The van der Waals surface area contributed by atoms with Gasteiger partial charge >= 0.3 is 0 Å². The normalized spacial score (nSPS) is 12.5. The van der Waals surface area contributed by atoms with E-state index in [1.54, 1.807) is 18.1 Å². The summed E-state index contributed by atoms with van der Waals surface area (Å²) in [5.74, 6) is 0. The van der Waals surface area contributed by atoms with Gasteiger partial charge in [-0.1, -0.05) is 30.0 Å². The molecule has 0 radical (unpaired) electrons. The monoisotopic (exact) mass is 282 g/mol. The zero-order valence-corrected chi connectivity index (χ0v) is 11.8. The second-order valence-electron chi connectivity index (χ2n) is 4.51. The van der Waals surface area contributed by atoms with Crippen LogP contribution < -0.4 is 5.73 Å². The molecule has 0 amide bonds. The van der Waals surface area contributed by atoms with Crippen LogP contribution in [0.15, 0.2) is 58.8 Å². The summed E-state index contributed by atoms with van der Waals surface area (Å²) in [5.41, 5.74) is 7.64. The van der Waals surface area contributed by atoms with Crippen LogP contribution in [0, 0.1) is 0 Å². The Balaban J connectivity index is 1.93. The Bertz CT molecular complexity index is 720.